The second-order valence-corrected chi connectivity index (χ2v) is 23.5. The molecule has 0 N–H and O–H groups in total. The fourth-order valence-corrected chi connectivity index (χ4v) is 11.3. The molecule has 0 aliphatic carbocycles. The lowest BCUT2D eigenvalue weighted by Gasteiger charge is -2.29. The van der Waals surface area contributed by atoms with Crippen LogP contribution in [0.25, 0.3) is 14.5 Å². The zero-order chi connectivity index (χ0) is 61.9. The predicted octanol–water partition coefficient (Wildman–Crippen LogP) is 15.9. The number of nitrogens with zero attached hydrogens (tertiary/aromatic N) is 9. The maximum absolute atomic E-state index is 14.1. The lowest BCUT2D eigenvalue weighted by atomic mass is 10.0. The average molecular weight is 1200 g/mol. The summed E-state index contributed by atoms with van der Waals surface area (Å²) in [5, 5.41) is 1.32. The first kappa shape index (κ1) is 63.1. The number of amides is 3. The number of benzene rings is 6. The van der Waals surface area contributed by atoms with Crippen molar-refractivity contribution in [1.82, 2.24) is 0 Å². The number of hydrogen-bond acceptors (Lipinski definition) is 9. The normalized spacial score (nSPS) is 15.9. The van der Waals surface area contributed by atoms with Gasteiger partial charge in [0.1, 0.15) is 39.7 Å². The van der Waals surface area contributed by atoms with Gasteiger partial charge in [0.25, 0.3) is 17.7 Å². The maximum Gasteiger partial charge on any atom is 0.259 e. The van der Waals surface area contributed by atoms with Crippen LogP contribution in [0, 0.1) is 32.5 Å². The third-order valence-corrected chi connectivity index (χ3v) is 15.0. The van der Waals surface area contributed by atoms with Crippen molar-refractivity contribution in [2.45, 2.75) is 125 Å². The molecule has 0 bridgehead atoms. The Morgan fingerprint density at radius 2 is 0.714 bits per heavy atom. The highest BCUT2D eigenvalue weighted by Crippen LogP contribution is 2.42. The summed E-state index contributed by atoms with van der Waals surface area (Å²) in [6, 6.07) is 36.7. The standard InChI is InChI=1S/C22H23N3O2S.C21H20ClN3O2S.C21H20FN3O2S/c1-14(2)27-18-10-7-16(8-11-18)25-21(28)24(20(26)22(25,4)5)17-9-12-19(23-6)15(3)13-17;2*1-13(2)27-16-9-6-14(7-10-16)25-20(28)24(19(26)21(25,3)4)15-8-11-18(23-5)17(22)12-15/h7-14H,1-5H3;2*6-13H,1-4H3. The Morgan fingerprint density at radius 1 is 0.440 bits per heavy atom. The smallest absolute Gasteiger partial charge is 0.259 e. The van der Waals surface area contributed by atoms with Gasteiger partial charge < -0.3 is 28.9 Å². The quantitative estimate of drug-likeness (QED) is 0.0859. The van der Waals surface area contributed by atoms with Gasteiger partial charge in [0, 0.05) is 27.8 Å². The van der Waals surface area contributed by atoms with Crippen molar-refractivity contribution in [3.05, 3.63) is 178 Å². The minimum atomic E-state index is -0.952. The lowest BCUT2D eigenvalue weighted by Crippen LogP contribution is -2.44. The molecule has 3 amide bonds. The van der Waals surface area contributed by atoms with Crippen LogP contribution in [0.15, 0.2) is 127 Å². The van der Waals surface area contributed by atoms with Crippen molar-refractivity contribution in [1.29, 1.82) is 0 Å². The summed E-state index contributed by atoms with van der Waals surface area (Å²) >= 11 is 23.1. The minimum absolute atomic E-state index is 0.0561. The number of carbonyl (C=O) groups excluding carboxylic acids is 3. The fourth-order valence-electron chi connectivity index (χ4n) is 9.56. The van der Waals surface area contributed by atoms with Crippen LogP contribution in [0.4, 0.5) is 55.6 Å². The van der Waals surface area contributed by atoms with Gasteiger partial charge in [0.15, 0.2) is 21.0 Å². The van der Waals surface area contributed by atoms with Gasteiger partial charge in [-0.3, -0.25) is 29.1 Å². The van der Waals surface area contributed by atoms with E-state index in [0.717, 1.165) is 45.9 Å². The highest BCUT2D eigenvalue weighted by Gasteiger charge is 2.53. The molecule has 3 aliphatic heterocycles. The Morgan fingerprint density at radius 3 is 0.988 bits per heavy atom. The van der Waals surface area contributed by atoms with E-state index in [1.54, 1.807) is 54.0 Å². The van der Waals surface area contributed by atoms with Crippen LogP contribution < -0.4 is 43.6 Å². The lowest BCUT2D eigenvalue weighted by molar-refractivity contribution is -0.121. The summed E-state index contributed by atoms with van der Waals surface area (Å²) in [5.74, 6) is 1.04. The average Bonchev–Trinajstić information content (AvgIpc) is 4.08. The van der Waals surface area contributed by atoms with E-state index in [9.17, 15) is 18.8 Å². The Kier molecular flexibility index (Phi) is 18.9. The van der Waals surface area contributed by atoms with Crippen molar-refractivity contribution in [3.63, 3.8) is 0 Å². The number of rotatable bonds is 12. The Labute approximate surface area is 512 Å². The van der Waals surface area contributed by atoms with E-state index in [0.29, 0.717) is 38.7 Å². The Hall–Kier alpha value is -8.51. The third kappa shape index (κ3) is 12.7. The molecule has 3 fully saturated rings. The summed E-state index contributed by atoms with van der Waals surface area (Å²) in [7, 11) is 0. The van der Waals surface area contributed by atoms with Crippen molar-refractivity contribution < 1.29 is 33.0 Å². The first-order valence-electron chi connectivity index (χ1n) is 26.7. The van der Waals surface area contributed by atoms with Crippen molar-refractivity contribution in [2.75, 3.05) is 29.4 Å². The van der Waals surface area contributed by atoms with Gasteiger partial charge in [-0.05, 0) is 241 Å². The number of hydrogen-bond donors (Lipinski definition) is 0. The van der Waals surface area contributed by atoms with Crippen molar-refractivity contribution in [2.24, 2.45) is 0 Å². The number of aryl methyl sites for hydroxylation is 1. The van der Waals surface area contributed by atoms with Crippen molar-refractivity contribution >= 4 is 132 Å². The predicted molar refractivity (Wildman–Crippen MR) is 344 cm³/mol. The molecule has 0 saturated carbocycles. The second kappa shape index (κ2) is 25.1. The van der Waals surface area contributed by atoms with Gasteiger partial charge in [-0.15, -0.1) is 0 Å². The van der Waals surface area contributed by atoms with Crippen molar-refractivity contribution in [3.8, 4) is 17.2 Å². The Bertz CT molecular complexity index is 3320. The number of ether oxygens (including phenoxy) is 3. The molecule has 3 heterocycles. The minimum Gasteiger partial charge on any atom is -0.491 e. The molecular weight excluding hydrogens is 1140 g/mol. The van der Waals surface area contributed by atoms with E-state index >= 15 is 0 Å². The highest BCUT2D eigenvalue weighted by molar-refractivity contribution is 7.81. The third-order valence-electron chi connectivity index (χ3n) is 13.6. The molecule has 15 nitrogen and oxygen atoms in total. The summed E-state index contributed by atoms with van der Waals surface area (Å²) < 4.78 is 31.2. The van der Waals surface area contributed by atoms with Crippen LogP contribution in [0.3, 0.4) is 0 Å². The highest BCUT2D eigenvalue weighted by atomic mass is 35.5. The second-order valence-electron chi connectivity index (χ2n) is 22.0. The van der Waals surface area contributed by atoms with Gasteiger partial charge in [-0.25, -0.2) is 18.9 Å². The molecule has 20 heteroatoms. The number of thiocarbonyl (C=S) groups is 3. The van der Waals surface area contributed by atoms with E-state index in [1.165, 1.54) is 21.9 Å². The van der Waals surface area contributed by atoms with Crippen LogP contribution in [0.1, 0.15) is 88.6 Å². The largest absolute Gasteiger partial charge is 0.491 e. The molecule has 9 rings (SSSR count). The van der Waals surface area contributed by atoms with Gasteiger partial charge in [0.05, 0.1) is 49.4 Å². The van der Waals surface area contributed by atoms with Gasteiger partial charge in [-0.1, -0.05) is 29.8 Å². The fraction of sp³-hybridized carbons (Fsp3) is 0.297. The first-order valence-corrected chi connectivity index (χ1v) is 28.3. The van der Waals surface area contributed by atoms with E-state index in [-0.39, 0.29) is 51.9 Å². The van der Waals surface area contributed by atoms with Crippen LogP contribution in [-0.4, -0.2) is 68.0 Å². The molecule has 3 saturated heterocycles. The Balaban J connectivity index is 0.000000181. The molecule has 432 valence electrons. The van der Waals surface area contributed by atoms with Gasteiger partial charge in [-0.2, -0.15) is 0 Å². The number of carbonyl (C=O) groups is 3. The molecule has 0 atom stereocenters. The number of anilines is 6. The molecular formula is C64H63ClFN9O6S3. The first-order chi connectivity index (χ1) is 39.5. The van der Waals surface area contributed by atoms with Crippen LogP contribution in [-0.2, 0) is 14.4 Å². The summed E-state index contributed by atoms with van der Waals surface area (Å²) in [6.07, 6.45) is 0.227. The van der Waals surface area contributed by atoms with E-state index in [1.807, 2.05) is 165 Å². The molecule has 3 aliphatic rings. The molecule has 0 spiro atoms. The zero-order valence-electron chi connectivity index (χ0n) is 48.8. The van der Waals surface area contributed by atoms with Crippen LogP contribution >= 0.6 is 48.3 Å². The molecule has 84 heavy (non-hydrogen) atoms. The zero-order valence-corrected chi connectivity index (χ0v) is 52.0. The summed E-state index contributed by atoms with van der Waals surface area (Å²) in [6.45, 7) is 45.9. The summed E-state index contributed by atoms with van der Waals surface area (Å²) in [5.41, 5.74) is 2.85. The van der Waals surface area contributed by atoms with E-state index in [2.05, 4.69) is 14.5 Å². The SMILES string of the molecule is [C-]#[N+]c1ccc(N2C(=O)C(C)(C)N(c3ccc(OC(C)C)cc3)C2=S)cc1C.[C-]#[N+]c1ccc(N2C(=O)C(C)(C)N(c3ccc(OC(C)C)cc3)C2=S)cc1Cl.[C-]#[N+]c1ccc(N2C(=O)C(C)(C)N(c3ccc(OC(C)C)cc3)C2=S)cc1F. The van der Waals surface area contributed by atoms with E-state index < -0.39 is 22.4 Å². The molecule has 0 radical (unpaired) electrons. The topological polar surface area (TPSA) is 111 Å². The van der Waals surface area contributed by atoms with Crippen LogP contribution in [0.5, 0.6) is 17.2 Å². The van der Waals surface area contributed by atoms with E-state index in [4.69, 9.17) is 82.2 Å². The van der Waals surface area contributed by atoms with Gasteiger partial charge >= 0.3 is 0 Å². The van der Waals surface area contributed by atoms with Gasteiger partial charge in [0.2, 0.25) is 11.4 Å². The molecule has 6 aromatic rings. The maximum atomic E-state index is 14.1. The molecule has 0 unspecified atom stereocenters. The molecule has 0 aromatic heterocycles. The summed E-state index contributed by atoms with van der Waals surface area (Å²) in [4.78, 5) is 59.2. The molecule has 6 aromatic carbocycles. The van der Waals surface area contributed by atoms with Crippen LogP contribution in [0.2, 0.25) is 5.02 Å². The number of halogens is 2. The monoisotopic (exact) mass is 1200 g/mol.